The molecule has 0 spiro atoms. The van der Waals surface area contributed by atoms with Crippen LogP contribution < -0.4 is 4.74 Å². The van der Waals surface area contributed by atoms with E-state index in [0.29, 0.717) is 24.1 Å². The summed E-state index contributed by atoms with van der Waals surface area (Å²) in [6.07, 6.45) is 1.81. The van der Waals surface area contributed by atoms with Crippen LogP contribution in [0.15, 0.2) is 63.0 Å². The Labute approximate surface area is 149 Å². The highest BCUT2D eigenvalue weighted by atomic mass is 79.9. The van der Waals surface area contributed by atoms with Gasteiger partial charge in [0.15, 0.2) is 12.4 Å². The van der Waals surface area contributed by atoms with Crippen LogP contribution in [0.3, 0.4) is 0 Å². The number of hydrogen-bond acceptors (Lipinski definition) is 6. The van der Waals surface area contributed by atoms with Crippen molar-refractivity contribution in [2.75, 3.05) is 0 Å². The molecule has 0 radical (unpaired) electrons. The summed E-state index contributed by atoms with van der Waals surface area (Å²) in [6.45, 7) is 0.299. The van der Waals surface area contributed by atoms with Crippen LogP contribution in [0, 0.1) is 0 Å². The van der Waals surface area contributed by atoms with Gasteiger partial charge in [0, 0.05) is 10.7 Å². The fraction of sp³-hybridized carbons (Fsp3) is 0.0625. The molecule has 0 aliphatic heterocycles. The van der Waals surface area contributed by atoms with Gasteiger partial charge in [-0.1, -0.05) is 27.2 Å². The van der Waals surface area contributed by atoms with Gasteiger partial charge >= 0.3 is 0 Å². The Hall–Kier alpha value is -2.45. The molecule has 0 amide bonds. The molecule has 0 atom stereocenters. The average molecular weight is 403 g/mol. The lowest BCUT2D eigenvalue weighted by molar-refractivity contribution is 0.221. The van der Waals surface area contributed by atoms with Gasteiger partial charge in [-0.05, 0) is 41.8 Å². The summed E-state index contributed by atoms with van der Waals surface area (Å²) in [6, 6.07) is 13.3. The largest absolute Gasteiger partial charge is 0.471 e. The first-order valence-corrected chi connectivity index (χ1v) is 8.75. The van der Waals surface area contributed by atoms with Crippen LogP contribution in [0.4, 0.5) is 0 Å². The van der Waals surface area contributed by atoms with Crippen LogP contribution in [0.5, 0.6) is 5.75 Å². The first kappa shape index (κ1) is 15.1. The number of rotatable bonds is 5. The van der Waals surface area contributed by atoms with Gasteiger partial charge in [-0.25, -0.2) is 4.68 Å². The van der Waals surface area contributed by atoms with E-state index in [-0.39, 0.29) is 0 Å². The van der Waals surface area contributed by atoms with Gasteiger partial charge in [-0.15, -0.1) is 11.3 Å². The average Bonchev–Trinajstić information content (AvgIpc) is 3.33. The standard InChI is InChI=1S/C16H11BrN4O2S/c17-11-3-5-12(6-4-11)22-10-21-8-7-13(19-21)16-18-15(20-23-16)14-2-1-9-24-14/h1-9H,10H2. The fourth-order valence-corrected chi connectivity index (χ4v) is 2.97. The third-order valence-corrected chi connectivity index (χ3v) is 4.60. The topological polar surface area (TPSA) is 66.0 Å². The molecule has 0 fully saturated rings. The molecular formula is C16H11BrN4O2S. The van der Waals surface area contributed by atoms with Gasteiger partial charge in [0.1, 0.15) is 5.75 Å². The Bertz CT molecular complexity index is 931. The minimum absolute atomic E-state index is 0.299. The molecule has 3 aromatic heterocycles. The SMILES string of the molecule is Brc1ccc(OCn2ccc(-c3nc(-c4cccs4)no3)n2)cc1. The Balaban J connectivity index is 1.45. The molecule has 0 bridgehead atoms. The highest BCUT2D eigenvalue weighted by molar-refractivity contribution is 9.10. The Morgan fingerprint density at radius 1 is 1.17 bits per heavy atom. The quantitative estimate of drug-likeness (QED) is 0.492. The van der Waals surface area contributed by atoms with E-state index in [1.165, 1.54) is 0 Å². The summed E-state index contributed by atoms with van der Waals surface area (Å²) in [4.78, 5) is 5.34. The van der Waals surface area contributed by atoms with Crippen LogP contribution in [0.2, 0.25) is 0 Å². The zero-order valence-electron chi connectivity index (χ0n) is 12.3. The second kappa shape index (κ2) is 6.58. The summed E-state index contributed by atoms with van der Waals surface area (Å²) < 4.78 is 13.6. The van der Waals surface area contributed by atoms with Crippen LogP contribution in [0.25, 0.3) is 22.3 Å². The molecule has 0 saturated carbocycles. The third-order valence-electron chi connectivity index (χ3n) is 3.20. The van der Waals surface area contributed by atoms with Crippen LogP contribution in [-0.4, -0.2) is 19.9 Å². The first-order chi connectivity index (χ1) is 11.8. The van der Waals surface area contributed by atoms with Crippen molar-refractivity contribution in [1.29, 1.82) is 0 Å². The van der Waals surface area contributed by atoms with E-state index in [0.717, 1.165) is 15.1 Å². The predicted molar refractivity (Wildman–Crippen MR) is 93.6 cm³/mol. The zero-order valence-corrected chi connectivity index (χ0v) is 14.7. The molecule has 8 heteroatoms. The van der Waals surface area contributed by atoms with E-state index in [2.05, 4.69) is 31.2 Å². The van der Waals surface area contributed by atoms with E-state index in [1.54, 1.807) is 16.0 Å². The maximum absolute atomic E-state index is 5.68. The van der Waals surface area contributed by atoms with Gasteiger partial charge in [-0.2, -0.15) is 10.1 Å². The summed E-state index contributed by atoms with van der Waals surface area (Å²) in [5, 5.41) is 10.4. The van der Waals surface area contributed by atoms with Crippen molar-refractivity contribution < 1.29 is 9.26 Å². The zero-order chi connectivity index (χ0) is 16.4. The van der Waals surface area contributed by atoms with E-state index in [9.17, 15) is 0 Å². The normalized spacial score (nSPS) is 10.9. The number of nitrogens with zero attached hydrogens (tertiary/aromatic N) is 4. The van der Waals surface area contributed by atoms with Crippen molar-refractivity contribution in [3.05, 3.63) is 58.5 Å². The van der Waals surface area contributed by atoms with Crippen molar-refractivity contribution in [3.8, 4) is 28.0 Å². The lowest BCUT2D eigenvalue weighted by Crippen LogP contribution is -2.05. The lowest BCUT2D eigenvalue weighted by atomic mass is 10.3. The Morgan fingerprint density at radius 2 is 2.04 bits per heavy atom. The van der Waals surface area contributed by atoms with Crippen LogP contribution in [0.1, 0.15) is 0 Å². The van der Waals surface area contributed by atoms with Crippen molar-refractivity contribution >= 4 is 27.3 Å². The predicted octanol–water partition coefficient (Wildman–Crippen LogP) is 4.46. The van der Waals surface area contributed by atoms with Gasteiger partial charge in [0.05, 0.1) is 4.88 Å². The molecule has 4 rings (SSSR count). The van der Waals surface area contributed by atoms with Gasteiger partial charge < -0.3 is 9.26 Å². The molecule has 24 heavy (non-hydrogen) atoms. The highest BCUT2D eigenvalue weighted by Crippen LogP contribution is 2.24. The van der Waals surface area contributed by atoms with E-state index in [4.69, 9.17) is 9.26 Å². The molecule has 0 unspecified atom stereocenters. The number of hydrogen-bond donors (Lipinski definition) is 0. The molecule has 3 heterocycles. The number of thiophene rings is 1. The molecule has 120 valence electrons. The monoisotopic (exact) mass is 402 g/mol. The lowest BCUT2D eigenvalue weighted by Gasteiger charge is -2.05. The molecule has 4 aromatic rings. The highest BCUT2D eigenvalue weighted by Gasteiger charge is 2.13. The van der Waals surface area contributed by atoms with Crippen molar-refractivity contribution in [2.45, 2.75) is 6.73 Å². The Kier molecular flexibility index (Phi) is 4.14. The summed E-state index contributed by atoms with van der Waals surface area (Å²) in [5.74, 6) is 1.73. The van der Waals surface area contributed by atoms with Crippen LogP contribution in [-0.2, 0) is 6.73 Å². The molecule has 6 nitrogen and oxygen atoms in total. The second-order valence-electron chi connectivity index (χ2n) is 4.87. The third kappa shape index (κ3) is 3.24. The van der Waals surface area contributed by atoms with E-state index in [1.807, 2.05) is 54.0 Å². The molecule has 0 saturated heterocycles. The minimum Gasteiger partial charge on any atom is -0.471 e. The molecular weight excluding hydrogens is 392 g/mol. The van der Waals surface area contributed by atoms with Gasteiger partial charge in [-0.3, -0.25) is 0 Å². The van der Waals surface area contributed by atoms with E-state index >= 15 is 0 Å². The maximum atomic E-state index is 5.68. The summed E-state index contributed by atoms with van der Waals surface area (Å²) in [5.41, 5.74) is 0.615. The number of halogens is 1. The summed E-state index contributed by atoms with van der Waals surface area (Å²) in [7, 11) is 0. The molecule has 0 aliphatic carbocycles. The van der Waals surface area contributed by atoms with Crippen molar-refractivity contribution in [1.82, 2.24) is 19.9 Å². The smallest absolute Gasteiger partial charge is 0.278 e. The fourth-order valence-electron chi connectivity index (χ4n) is 2.05. The summed E-state index contributed by atoms with van der Waals surface area (Å²) >= 11 is 4.95. The maximum Gasteiger partial charge on any atom is 0.278 e. The van der Waals surface area contributed by atoms with E-state index < -0.39 is 0 Å². The Morgan fingerprint density at radius 3 is 2.83 bits per heavy atom. The van der Waals surface area contributed by atoms with Crippen molar-refractivity contribution in [3.63, 3.8) is 0 Å². The number of benzene rings is 1. The molecule has 0 N–H and O–H groups in total. The minimum atomic E-state index is 0.299. The number of aromatic nitrogens is 4. The molecule has 0 aliphatic rings. The van der Waals surface area contributed by atoms with Gasteiger partial charge in [0.25, 0.3) is 5.89 Å². The number of ether oxygens (including phenoxy) is 1. The van der Waals surface area contributed by atoms with Gasteiger partial charge in [0.2, 0.25) is 5.82 Å². The molecule has 1 aromatic carbocycles. The van der Waals surface area contributed by atoms with Crippen molar-refractivity contribution in [2.24, 2.45) is 0 Å². The van der Waals surface area contributed by atoms with Crippen LogP contribution >= 0.6 is 27.3 Å². The first-order valence-electron chi connectivity index (χ1n) is 7.08. The second-order valence-corrected chi connectivity index (χ2v) is 6.73.